The van der Waals surface area contributed by atoms with Gasteiger partial charge in [0.1, 0.15) is 11.5 Å². The molecule has 2 fully saturated rings. The molecule has 246 valence electrons. The first-order chi connectivity index (χ1) is 21.1. The number of aromatic nitrogens is 2. The van der Waals surface area contributed by atoms with Crippen molar-refractivity contribution in [3.05, 3.63) is 53.9 Å². The molecule has 1 unspecified atom stereocenters. The molecule has 2 N–H and O–H groups in total. The zero-order chi connectivity index (χ0) is 32.9. The fraction of sp³-hybridized carbons (Fsp3) is 0.464. The first-order valence-electron chi connectivity index (χ1n) is 13.8. The number of benzene rings is 1. The number of hydrogen-bond donors (Lipinski definition) is 2. The summed E-state index contributed by atoms with van der Waals surface area (Å²) in [5.74, 6) is -2.54. The average Bonchev–Trinajstić information content (AvgIpc) is 3.74. The summed E-state index contributed by atoms with van der Waals surface area (Å²) in [5.41, 5.74) is 3.46. The van der Waals surface area contributed by atoms with E-state index in [1.807, 2.05) is 6.07 Å². The van der Waals surface area contributed by atoms with Crippen LogP contribution in [0.25, 0.3) is 5.65 Å². The van der Waals surface area contributed by atoms with Crippen molar-refractivity contribution in [2.24, 2.45) is 0 Å². The minimum absolute atomic E-state index is 0.286. The quantitative estimate of drug-likeness (QED) is 0.394. The third-order valence-corrected chi connectivity index (χ3v) is 7.32. The monoisotopic (exact) mass is 647 g/mol. The lowest BCUT2D eigenvalue weighted by atomic mass is 10.1. The second-order valence-corrected chi connectivity index (χ2v) is 10.5. The lowest BCUT2D eigenvalue weighted by Crippen LogP contribution is -2.46. The van der Waals surface area contributed by atoms with Gasteiger partial charge < -0.3 is 24.6 Å². The molecule has 1 aromatic carbocycles. The second-order valence-electron chi connectivity index (χ2n) is 10.5. The van der Waals surface area contributed by atoms with E-state index in [1.54, 1.807) is 0 Å². The van der Waals surface area contributed by atoms with Crippen LogP contribution in [0.3, 0.4) is 0 Å². The number of ether oxygens (including phenoxy) is 2. The maximum absolute atomic E-state index is 10.6. The maximum atomic E-state index is 10.6. The number of nitrogens with zero attached hydrogens (tertiary/aromatic N) is 5. The van der Waals surface area contributed by atoms with E-state index in [-0.39, 0.29) is 6.04 Å². The Bertz CT molecular complexity index is 1470. The molecule has 3 aliphatic rings. The zero-order valence-corrected chi connectivity index (χ0v) is 24.0. The van der Waals surface area contributed by atoms with E-state index < -0.39 is 24.3 Å². The first kappa shape index (κ1) is 33.6. The van der Waals surface area contributed by atoms with Gasteiger partial charge in [0.25, 0.3) is 0 Å². The number of hydrogen-bond acceptors (Lipinski definition) is 8. The van der Waals surface area contributed by atoms with Crippen LogP contribution in [0, 0.1) is 0 Å². The highest BCUT2D eigenvalue weighted by atomic mass is 19.4. The van der Waals surface area contributed by atoms with Gasteiger partial charge in [-0.3, -0.25) is 14.2 Å². The minimum Gasteiger partial charge on any atom is -0.475 e. The highest BCUT2D eigenvalue weighted by Crippen LogP contribution is 2.34. The number of carboxylic acids is 2. The van der Waals surface area contributed by atoms with Crippen LogP contribution in [-0.4, -0.2) is 100 Å². The molecule has 17 heteroatoms. The Balaban J connectivity index is 0.000000277. The molecule has 3 aromatic rings. The largest absolute Gasteiger partial charge is 0.490 e. The van der Waals surface area contributed by atoms with Crippen molar-refractivity contribution in [3.63, 3.8) is 0 Å². The third kappa shape index (κ3) is 8.69. The number of aliphatic carboxylic acids is 2. The number of fused-ring (bicyclic) bond motifs is 2. The molecule has 0 amide bonds. The van der Waals surface area contributed by atoms with Gasteiger partial charge >= 0.3 is 24.3 Å². The summed E-state index contributed by atoms with van der Waals surface area (Å²) < 4.78 is 76.8. The standard InChI is InChI=1S/C24H29N5O2.2C2HF3O2/c1-26-11-12-27(14-18-7-8-21-22(13-18)31-17-30-21)16-20(26)19-15-29-23(25-19)5-4-6-24(29)28-9-2-3-10-28;2*3-2(4,5)1(6)7/h4-8,13,15,20H,2-3,9-12,14,16-17H2,1H3;2*(H,6,7). The molecule has 5 heterocycles. The molecule has 0 spiro atoms. The summed E-state index contributed by atoms with van der Waals surface area (Å²) >= 11 is 0. The molecule has 3 aliphatic heterocycles. The number of piperazine rings is 1. The number of carbonyl (C=O) groups is 2. The Morgan fingerprint density at radius 1 is 0.911 bits per heavy atom. The fourth-order valence-corrected chi connectivity index (χ4v) is 5.07. The highest BCUT2D eigenvalue weighted by Gasteiger charge is 2.39. The van der Waals surface area contributed by atoms with E-state index in [1.165, 1.54) is 24.2 Å². The van der Waals surface area contributed by atoms with Crippen molar-refractivity contribution < 1.29 is 55.6 Å². The van der Waals surface area contributed by atoms with Crippen molar-refractivity contribution in [1.82, 2.24) is 19.2 Å². The van der Waals surface area contributed by atoms with Crippen LogP contribution in [0.5, 0.6) is 11.5 Å². The molecule has 2 saturated heterocycles. The van der Waals surface area contributed by atoms with E-state index in [0.717, 1.165) is 62.1 Å². The van der Waals surface area contributed by atoms with Crippen molar-refractivity contribution in [2.75, 3.05) is 51.5 Å². The van der Waals surface area contributed by atoms with E-state index in [0.29, 0.717) is 6.79 Å². The summed E-state index contributed by atoms with van der Waals surface area (Å²) in [6, 6.07) is 13.0. The Morgan fingerprint density at radius 3 is 2.16 bits per heavy atom. The van der Waals surface area contributed by atoms with E-state index >= 15 is 0 Å². The normalized spacial score (nSPS) is 18.6. The van der Waals surface area contributed by atoms with Gasteiger partial charge in [-0.15, -0.1) is 0 Å². The van der Waals surface area contributed by atoms with E-state index in [2.05, 4.69) is 62.7 Å². The summed E-state index contributed by atoms with van der Waals surface area (Å²) in [6.45, 7) is 6.55. The first-order valence-corrected chi connectivity index (χ1v) is 13.8. The number of alkyl halides is 6. The molecular formula is C28H31F6N5O6. The van der Waals surface area contributed by atoms with Crippen molar-refractivity contribution in [1.29, 1.82) is 0 Å². The van der Waals surface area contributed by atoms with Gasteiger partial charge in [-0.1, -0.05) is 12.1 Å². The van der Waals surface area contributed by atoms with Crippen molar-refractivity contribution in [3.8, 4) is 11.5 Å². The average molecular weight is 648 g/mol. The van der Waals surface area contributed by atoms with Gasteiger partial charge in [-0.25, -0.2) is 14.6 Å². The third-order valence-electron chi connectivity index (χ3n) is 7.32. The lowest BCUT2D eigenvalue weighted by molar-refractivity contribution is -0.193. The lowest BCUT2D eigenvalue weighted by Gasteiger charge is -2.38. The number of anilines is 1. The van der Waals surface area contributed by atoms with E-state index in [4.69, 9.17) is 34.3 Å². The number of rotatable bonds is 4. The SMILES string of the molecule is CN1CCN(Cc2ccc3c(c2)OCO3)CC1c1cn2c(N3CCCC3)cccc2n1.O=C(O)C(F)(F)F.O=C(O)C(F)(F)F. The molecular weight excluding hydrogens is 616 g/mol. The summed E-state index contributed by atoms with van der Waals surface area (Å²) in [4.78, 5) is 30.3. The van der Waals surface area contributed by atoms with Gasteiger partial charge in [0.15, 0.2) is 11.5 Å². The Hall–Kier alpha value is -4.25. The van der Waals surface area contributed by atoms with Crippen molar-refractivity contribution in [2.45, 2.75) is 37.8 Å². The Labute approximate surface area is 253 Å². The smallest absolute Gasteiger partial charge is 0.475 e. The topological polar surface area (TPSA) is 120 Å². The molecule has 0 saturated carbocycles. The number of imidazole rings is 1. The maximum Gasteiger partial charge on any atom is 0.490 e. The van der Waals surface area contributed by atoms with Crippen LogP contribution >= 0.6 is 0 Å². The predicted molar refractivity (Wildman–Crippen MR) is 147 cm³/mol. The molecule has 6 rings (SSSR count). The van der Waals surface area contributed by atoms with Crippen LogP contribution in [0.2, 0.25) is 0 Å². The Morgan fingerprint density at radius 2 is 1.53 bits per heavy atom. The van der Waals surface area contributed by atoms with Crippen LogP contribution in [0.1, 0.15) is 30.1 Å². The zero-order valence-electron chi connectivity index (χ0n) is 24.0. The van der Waals surface area contributed by atoms with Crippen molar-refractivity contribution >= 4 is 23.4 Å². The van der Waals surface area contributed by atoms with Crippen LogP contribution in [0.4, 0.5) is 32.2 Å². The number of carboxylic acid groups (broad SMARTS) is 2. The molecule has 1 atom stereocenters. The highest BCUT2D eigenvalue weighted by molar-refractivity contribution is 5.73. The molecule has 11 nitrogen and oxygen atoms in total. The van der Waals surface area contributed by atoms with Gasteiger partial charge in [0.05, 0.1) is 11.7 Å². The Kier molecular flexibility index (Phi) is 10.3. The molecule has 0 radical (unpaired) electrons. The summed E-state index contributed by atoms with van der Waals surface area (Å²) in [7, 11) is 2.22. The van der Waals surface area contributed by atoms with Gasteiger partial charge in [-0.2, -0.15) is 26.3 Å². The van der Waals surface area contributed by atoms with Gasteiger partial charge in [0, 0.05) is 45.5 Å². The second kappa shape index (κ2) is 13.8. The molecule has 0 aliphatic carbocycles. The van der Waals surface area contributed by atoms with Gasteiger partial charge in [0.2, 0.25) is 6.79 Å². The summed E-state index contributed by atoms with van der Waals surface area (Å²) in [5, 5.41) is 14.2. The molecule has 0 bridgehead atoms. The number of halogens is 6. The fourth-order valence-electron chi connectivity index (χ4n) is 5.07. The number of pyridine rings is 1. The minimum atomic E-state index is -5.08. The van der Waals surface area contributed by atoms with Crippen LogP contribution < -0.4 is 14.4 Å². The molecule has 2 aromatic heterocycles. The molecule has 45 heavy (non-hydrogen) atoms. The van der Waals surface area contributed by atoms with Gasteiger partial charge in [-0.05, 0) is 49.7 Å². The van der Waals surface area contributed by atoms with Crippen LogP contribution in [0.15, 0.2) is 42.6 Å². The predicted octanol–water partition coefficient (Wildman–Crippen LogP) is 4.42. The summed E-state index contributed by atoms with van der Waals surface area (Å²) in [6.07, 6.45) is -5.36. The van der Waals surface area contributed by atoms with E-state index in [9.17, 15) is 26.3 Å². The number of likely N-dealkylation sites (N-methyl/N-ethyl adjacent to an activating group) is 1. The van der Waals surface area contributed by atoms with Crippen LogP contribution in [-0.2, 0) is 16.1 Å².